The number of hydrogen-bond donors (Lipinski definition) is 1. The average Bonchev–Trinajstić information content (AvgIpc) is 2.53. The summed E-state index contributed by atoms with van der Waals surface area (Å²) in [4.78, 5) is 24.4. The molecule has 0 aromatic heterocycles. The third-order valence-corrected chi connectivity index (χ3v) is 3.70. The lowest BCUT2D eigenvalue weighted by Gasteiger charge is -2.22. The van der Waals surface area contributed by atoms with Crippen LogP contribution in [0, 0.1) is 10.1 Å². The molecule has 0 heterocycles. The highest BCUT2D eigenvalue weighted by molar-refractivity contribution is 6.32. The second kappa shape index (κ2) is 7.41. The van der Waals surface area contributed by atoms with E-state index in [0.29, 0.717) is 10.7 Å². The lowest BCUT2D eigenvalue weighted by Crippen LogP contribution is -2.35. The molecule has 0 atom stereocenters. The van der Waals surface area contributed by atoms with Gasteiger partial charge in [0.1, 0.15) is 5.02 Å². The molecule has 1 amide bonds. The maximum atomic E-state index is 12.7. The van der Waals surface area contributed by atoms with Crippen LogP contribution in [-0.2, 0) is 0 Å². The number of nitrogens with two attached hydrogens (primary N) is 1. The van der Waals surface area contributed by atoms with Crippen molar-refractivity contribution in [2.75, 3.05) is 18.0 Å². The zero-order valence-electron chi connectivity index (χ0n) is 11.9. The van der Waals surface area contributed by atoms with Gasteiger partial charge in [0.2, 0.25) is 0 Å². The predicted octanol–water partition coefficient (Wildman–Crippen LogP) is 3.51. The van der Waals surface area contributed by atoms with Crippen molar-refractivity contribution in [1.29, 1.82) is 0 Å². The molecule has 2 aromatic rings. The summed E-state index contributed by atoms with van der Waals surface area (Å²) >= 11 is 11.6. The van der Waals surface area contributed by atoms with Crippen molar-refractivity contribution in [3.05, 3.63) is 68.2 Å². The lowest BCUT2D eigenvalue weighted by atomic mass is 10.1. The van der Waals surface area contributed by atoms with E-state index < -0.39 is 10.8 Å². The molecule has 0 radical (unpaired) electrons. The van der Waals surface area contributed by atoms with Crippen molar-refractivity contribution < 1.29 is 9.72 Å². The number of halogens is 2. The Morgan fingerprint density at radius 3 is 2.39 bits per heavy atom. The van der Waals surface area contributed by atoms with Crippen molar-refractivity contribution in [2.45, 2.75) is 0 Å². The van der Waals surface area contributed by atoms with Crippen LogP contribution in [-0.4, -0.2) is 23.9 Å². The van der Waals surface area contributed by atoms with E-state index in [4.69, 9.17) is 28.9 Å². The summed E-state index contributed by atoms with van der Waals surface area (Å²) in [6.45, 7) is 0.501. The Hall–Kier alpha value is -2.15. The third kappa shape index (κ3) is 3.98. The van der Waals surface area contributed by atoms with Crippen molar-refractivity contribution >= 4 is 40.5 Å². The number of rotatable bonds is 5. The Kier molecular flexibility index (Phi) is 5.54. The minimum Gasteiger partial charge on any atom is -0.329 e. The molecule has 2 aromatic carbocycles. The molecule has 2 N–H and O–H groups in total. The first-order chi connectivity index (χ1) is 10.9. The van der Waals surface area contributed by atoms with Gasteiger partial charge in [-0.1, -0.05) is 23.2 Å². The van der Waals surface area contributed by atoms with Gasteiger partial charge in [0.25, 0.3) is 11.6 Å². The van der Waals surface area contributed by atoms with Crippen LogP contribution >= 0.6 is 23.2 Å². The van der Waals surface area contributed by atoms with E-state index in [2.05, 4.69) is 0 Å². The zero-order valence-corrected chi connectivity index (χ0v) is 13.4. The van der Waals surface area contributed by atoms with E-state index in [9.17, 15) is 14.9 Å². The molecule has 2 rings (SSSR count). The summed E-state index contributed by atoms with van der Waals surface area (Å²) < 4.78 is 0. The van der Waals surface area contributed by atoms with Gasteiger partial charge in [-0.2, -0.15) is 0 Å². The van der Waals surface area contributed by atoms with E-state index in [-0.39, 0.29) is 29.4 Å². The first-order valence-electron chi connectivity index (χ1n) is 6.65. The quantitative estimate of drug-likeness (QED) is 0.657. The number of carbonyl (C=O) groups excluding carboxylic acids is 1. The number of amides is 1. The topological polar surface area (TPSA) is 89.5 Å². The maximum absolute atomic E-state index is 12.7. The fraction of sp³-hybridized carbons (Fsp3) is 0.133. The van der Waals surface area contributed by atoms with E-state index in [1.165, 1.54) is 17.0 Å². The number of nitro benzene ring substituents is 1. The third-order valence-electron chi connectivity index (χ3n) is 3.13. The first-order valence-corrected chi connectivity index (χ1v) is 7.41. The van der Waals surface area contributed by atoms with Crippen LogP contribution in [0.4, 0.5) is 11.4 Å². The Labute approximate surface area is 142 Å². The van der Waals surface area contributed by atoms with Crippen LogP contribution < -0.4 is 10.6 Å². The highest BCUT2D eigenvalue weighted by Crippen LogP contribution is 2.27. The number of anilines is 1. The number of hydrogen-bond acceptors (Lipinski definition) is 4. The molecule has 0 unspecified atom stereocenters. The average molecular weight is 354 g/mol. The Balaban J connectivity index is 2.40. The molecule has 0 spiro atoms. The summed E-state index contributed by atoms with van der Waals surface area (Å²) in [6, 6.07) is 10.6. The molecule has 8 heteroatoms. The molecule has 0 aliphatic rings. The molecule has 0 fully saturated rings. The minimum absolute atomic E-state index is 0.0246. The second-order valence-electron chi connectivity index (χ2n) is 4.65. The summed E-state index contributed by atoms with van der Waals surface area (Å²) in [7, 11) is 0. The molecular weight excluding hydrogens is 341 g/mol. The highest BCUT2D eigenvalue weighted by Gasteiger charge is 2.21. The second-order valence-corrected chi connectivity index (χ2v) is 5.49. The minimum atomic E-state index is -0.630. The predicted molar refractivity (Wildman–Crippen MR) is 90.3 cm³/mol. The van der Waals surface area contributed by atoms with Crippen LogP contribution in [0.2, 0.25) is 10.0 Å². The van der Waals surface area contributed by atoms with Crippen LogP contribution in [0.1, 0.15) is 10.4 Å². The molecule has 23 heavy (non-hydrogen) atoms. The molecule has 120 valence electrons. The van der Waals surface area contributed by atoms with Gasteiger partial charge < -0.3 is 10.6 Å². The van der Waals surface area contributed by atoms with E-state index in [1.54, 1.807) is 24.3 Å². The number of benzene rings is 2. The monoisotopic (exact) mass is 353 g/mol. The first kappa shape index (κ1) is 17.2. The van der Waals surface area contributed by atoms with Crippen LogP contribution in [0.5, 0.6) is 0 Å². The summed E-state index contributed by atoms with van der Waals surface area (Å²) in [5, 5.41) is 11.5. The van der Waals surface area contributed by atoms with E-state index in [1.807, 2.05) is 0 Å². The van der Waals surface area contributed by atoms with Gasteiger partial charge in [0.05, 0.1) is 4.92 Å². The molecule has 0 bridgehead atoms. The summed E-state index contributed by atoms with van der Waals surface area (Å²) in [6.07, 6.45) is 0. The standard InChI is InChI=1S/C15H13Cl2N3O3/c16-11-2-4-12(5-3-11)19(8-7-18)15(21)10-1-6-13(17)14(9-10)20(22)23/h1-6,9H,7-8,18H2. The maximum Gasteiger partial charge on any atom is 0.288 e. The number of nitro groups is 1. The molecule has 0 saturated carbocycles. The zero-order chi connectivity index (χ0) is 17.0. The molecular formula is C15H13Cl2N3O3. The molecule has 6 nitrogen and oxygen atoms in total. The molecule has 0 aliphatic carbocycles. The summed E-state index contributed by atoms with van der Waals surface area (Å²) in [5.41, 5.74) is 6.00. The Bertz CT molecular complexity index is 735. The Morgan fingerprint density at radius 1 is 1.17 bits per heavy atom. The molecule has 0 saturated heterocycles. The van der Waals surface area contributed by atoms with Crippen molar-refractivity contribution in [3.8, 4) is 0 Å². The fourth-order valence-electron chi connectivity index (χ4n) is 2.04. The largest absolute Gasteiger partial charge is 0.329 e. The van der Waals surface area contributed by atoms with Gasteiger partial charge in [0, 0.05) is 35.4 Å². The van der Waals surface area contributed by atoms with Crippen molar-refractivity contribution in [2.24, 2.45) is 5.73 Å². The van der Waals surface area contributed by atoms with Gasteiger partial charge in [0.15, 0.2) is 0 Å². The SMILES string of the molecule is NCCN(C(=O)c1ccc(Cl)c([N+](=O)[O-])c1)c1ccc(Cl)cc1. The highest BCUT2D eigenvalue weighted by atomic mass is 35.5. The van der Waals surface area contributed by atoms with Gasteiger partial charge in [-0.05, 0) is 36.4 Å². The van der Waals surface area contributed by atoms with Gasteiger partial charge in [-0.3, -0.25) is 14.9 Å². The van der Waals surface area contributed by atoms with Crippen LogP contribution in [0.15, 0.2) is 42.5 Å². The number of nitrogens with zero attached hydrogens (tertiary/aromatic N) is 2. The fourth-order valence-corrected chi connectivity index (χ4v) is 2.35. The lowest BCUT2D eigenvalue weighted by molar-refractivity contribution is -0.384. The van der Waals surface area contributed by atoms with Crippen LogP contribution in [0.25, 0.3) is 0 Å². The summed E-state index contributed by atoms with van der Waals surface area (Å²) in [5.74, 6) is -0.405. The van der Waals surface area contributed by atoms with E-state index >= 15 is 0 Å². The van der Waals surface area contributed by atoms with Crippen molar-refractivity contribution in [1.82, 2.24) is 0 Å². The normalized spacial score (nSPS) is 10.4. The molecule has 0 aliphatic heterocycles. The van der Waals surface area contributed by atoms with Gasteiger partial charge in [-0.25, -0.2) is 0 Å². The van der Waals surface area contributed by atoms with Crippen molar-refractivity contribution in [3.63, 3.8) is 0 Å². The van der Waals surface area contributed by atoms with E-state index in [0.717, 1.165) is 6.07 Å². The Morgan fingerprint density at radius 2 is 1.83 bits per heavy atom. The van der Waals surface area contributed by atoms with Gasteiger partial charge >= 0.3 is 0 Å². The number of carbonyl (C=O) groups is 1. The smallest absolute Gasteiger partial charge is 0.288 e. The van der Waals surface area contributed by atoms with Gasteiger partial charge in [-0.15, -0.1) is 0 Å². The van der Waals surface area contributed by atoms with Crippen LogP contribution in [0.3, 0.4) is 0 Å².